The highest BCUT2D eigenvalue weighted by Gasteiger charge is 2.10. The van der Waals surface area contributed by atoms with Gasteiger partial charge in [0.2, 0.25) is 10.0 Å². The first kappa shape index (κ1) is 17.8. The summed E-state index contributed by atoms with van der Waals surface area (Å²) >= 11 is 0. The summed E-state index contributed by atoms with van der Waals surface area (Å²) in [6.45, 7) is 10.2. The van der Waals surface area contributed by atoms with Crippen molar-refractivity contribution in [1.82, 2.24) is 14.9 Å². The van der Waals surface area contributed by atoms with Crippen LogP contribution in [0.1, 0.15) is 34.1 Å². The fourth-order valence-corrected chi connectivity index (χ4v) is 2.43. The van der Waals surface area contributed by atoms with E-state index in [-0.39, 0.29) is 5.75 Å². The van der Waals surface area contributed by atoms with E-state index in [1.54, 1.807) is 0 Å². The third-order valence-corrected chi connectivity index (χ3v) is 4.28. The molecule has 110 valence electrons. The van der Waals surface area contributed by atoms with Gasteiger partial charge < -0.3 is 10.2 Å². The molecule has 2 N–H and O–H groups in total. The Kier molecular flexibility index (Phi) is 8.77. The highest BCUT2D eigenvalue weighted by Crippen LogP contribution is 1.93. The van der Waals surface area contributed by atoms with Crippen molar-refractivity contribution in [2.45, 2.75) is 46.2 Å². The van der Waals surface area contributed by atoms with Crippen molar-refractivity contribution in [2.75, 3.05) is 32.4 Å². The fraction of sp³-hybridized carbons (Fsp3) is 1.00. The van der Waals surface area contributed by atoms with Gasteiger partial charge >= 0.3 is 0 Å². The van der Waals surface area contributed by atoms with Crippen molar-refractivity contribution in [3.63, 3.8) is 0 Å². The first-order chi connectivity index (χ1) is 8.24. The Morgan fingerprint density at radius 1 is 1.11 bits per heavy atom. The van der Waals surface area contributed by atoms with Crippen LogP contribution in [-0.2, 0) is 10.0 Å². The Morgan fingerprint density at radius 3 is 2.22 bits per heavy atom. The summed E-state index contributed by atoms with van der Waals surface area (Å²) in [5.74, 6) is 0.193. The Bertz CT molecular complexity index is 302. The van der Waals surface area contributed by atoms with Crippen LogP contribution in [0.3, 0.4) is 0 Å². The van der Waals surface area contributed by atoms with Gasteiger partial charge in [0.25, 0.3) is 0 Å². The molecular formula is C12H29N3O2S. The van der Waals surface area contributed by atoms with Gasteiger partial charge in [-0.3, -0.25) is 0 Å². The summed E-state index contributed by atoms with van der Waals surface area (Å²) in [6, 6.07) is 0.838. The normalized spacial score (nSPS) is 12.9. The van der Waals surface area contributed by atoms with Crippen molar-refractivity contribution >= 4 is 10.0 Å². The van der Waals surface area contributed by atoms with Crippen LogP contribution in [0, 0.1) is 0 Å². The van der Waals surface area contributed by atoms with E-state index in [0.717, 1.165) is 13.1 Å². The molecule has 0 heterocycles. The van der Waals surface area contributed by atoms with Gasteiger partial charge in [-0.1, -0.05) is 13.8 Å². The molecule has 0 spiro atoms. The number of rotatable bonds is 10. The summed E-state index contributed by atoms with van der Waals surface area (Å²) in [6.07, 6.45) is 0.646. The standard InChI is InChI=1S/C12H29N3O2S/c1-11(2)13-7-6-10-18(16,17)14-8-9-15(5)12(3)4/h11-14H,6-10H2,1-5H3. The topological polar surface area (TPSA) is 61.4 Å². The van der Waals surface area contributed by atoms with E-state index in [0.29, 0.717) is 25.0 Å². The van der Waals surface area contributed by atoms with Crippen molar-refractivity contribution in [3.8, 4) is 0 Å². The second kappa shape index (κ2) is 8.85. The van der Waals surface area contributed by atoms with E-state index in [2.05, 4.69) is 42.6 Å². The lowest BCUT2D eigenvalue weighted by atomic mass is 10.3. The summed E-state index contributed by atoms with van der Waals surface area (Å²) in [5.41, 5.74) is 0. The minimum Gasteiger partial charge on any atom is -0.314 e. The van der Waals surface area contributed by atoms with Crippen molar-refractivity contribution in [2.24, 2.45) is 0 Å². The van der Waals surface area contributed by atoms with Crippen LogP contribution >= 0.6 is 0 Å². The minimum absolute atomic E-state index is 0.193. The molecule has 6 heteroatoms. The van der Waals surface area contributed by atoms with Gasteiger partial charge in [0, 0.05) is 25.2 Å². The molecule has 0 amide bonds. The Morgan fingerprint density at radius 2 is 1.72 bits per heavy atom. The lowest BCUT2D eigenvalue weighted by molar-refractivity contribution is 0.278. The second-order valence-corrected chi connectivity index (χ2v) is 7.18. The number of hydrogen-bond donors (Lipinski definition) is 2. The molecule has 0 aliphatic rings. The predicted octanol–water partition coefficient (Wildman–Crippen LogP) is 0.634. The van der Waals surface area contributed by atoms with Gasteiger partial charge in [-0.25, -0.2) is 13.1 Å². The van der Waals surface area contributed by atoms with E-state index in [4.69, 9.17) is 0 Å². The lowest BCUT2D eigenvalue weighted by Crippen LogP contribution is -2.37. The Hall–Kier alpha value is -0.170. The maximum Gasteiger partial charge on any atom is 0.211 e. The van der Waals surface area contributed by atoms with E-state index in [1.807, 2.05) is 7.05 Å². The van der Waals surface area contributed by atoms with E-state index < -0.39 is 10.0 Å². The molecule has 0 aromatic rings. The zero-order valence-corrected chi connectivity index (χ0v) is 13.2. The monoisotopic (exact) mass is 279 g/mol. The molecule has 18 heavy (non-hydrogen) atoms. The smallest absolute Gasteiger partial charge is 0.211 e. The third kappa shape index (κ3) is 9.82. The van der Waals surface area contributed by atoms with Crippen LogP contribution in [0.5, 0.6) is 0 Å². The van der Waals surface area contributed by atoms with Crippen LogP contribution in [0.4, 0.5) is 0 Å². The van der Waals surface area contributed by atoms with Gasteiger partial charge in [0.1, 0.15) is 0 Å². The molecule has 0 aromatic carbocycles. The average Bonchev–Trinajstić information content (AvgIpc) is 2.23. The minimum atomic E-state index is -3.12. The number of nitrogens with zero attached hydrogens (tertiary/aromatic N) is 1. The maximum atomic E-state index is 11.7. The van der Waals surface area contributed by atoms with Gasteiger partial charge in [0.05, 0.1) is 5.75 Å². The van der Waals surface area contributed by atoms with E-state index in [1.165, 1.54) is 0 Å². The summed E-state index contributed by atoms with van der Waals surface area (Å²) in [5, 5.41) is 3.21. The third-order valence-electron chi connectivity index (χ3n) is 2.81. The summed E-state index contributed by atoms with van der Waals surface area (Å²) in [4.78, 5) is 2.11. The molecule has 0 aliphatic carbocycles. The molecular weight excluding hydrogens is 250 g/mol. The molecule has 0 atom stereocenters. The van der Waals surface area contributed by atoms with E-state index >= 15 is 0 Å². The molecule has 0 radical (unpaired) electrons. The first-order valence-electron chi connectivity index (χ1n) is 6.65. The Balaban J connectivity index is 3.74. The SMILES string of the molecule is CC(C)NCCCS(=O)(=O)NCCN(C)C(C)C. The van der Waals surface area contributed by atoms with Crippen LogP contribution in [-0.4, -0.2) is 57.8 Å². The van der Waals surface area contributed by atoms with Gasteiger partial charge in [0.15, 0.2) is 0 Å². The number of likely N-dealkylation sites (N-methyl/N-ethyl adjacent to an activating group) is 1. The number of nitrogens with one attached hydrogen (secondary N) is 2. The quantitative estimate of drug-likeness (QED) is 0.576. The first-order valence-corrected chi connectivity index (χ1v) is 8.31. The predicted molar refractivity (Wildman–Crippen MR) is 77.3 cm³/mol. The molecule has 0 bridgehead atoms. The molecule has 0 aliphatic heterocycles. The lowest BCUT2D eigenvalue weighted by Gasteiger charge is -2.20. The second-order valence-electron chi connectivity index (χ2n) is 5.25. The van der Waals surface area contributed by atoms with Crippen LogP contribution < -0.4 is 10.0 Å². The number of sulfonamides is 1. The molecule has 0 rings (SSSR count). The van der Waals surface area contributed by atoms with Gasteiger partial charge in [-0.05, 0) is 33.9 Å². The zero-order chi connectivity index (χ0) is 14.2. The average molecular weight is 279 g/mol. The Labute approximate surface area is 112 Å². The molecule has 0 unspecified atom stereocenters. The molecule has 0 saturated heterocycles. The van der Waals surface area contributed by atoms with Crippen LogP contribution in [0.2, 0.25) is 0 Å². The van der Waals surface area contributed by atoms with Crippen molar-refractivity contribution in [3.05, 3.63) is 0 Å². The number of hydrogen-bond acceptors (Lipinski definition) is 4. The summed E-state index contributed by atoms with van der Waals surface area (Å²) < 4.78 is 26.0. The maximum absolute atomic E-state index is 11.7. The van der Waals surface area contributed by atoms with Crippen LogP contribution in [0.15, 0.2) is 0 Å². The molecule has 0 fully saturated rings. The molecule has 0 saturated carbocycles. The van der Waals surface area contributed by atoms with Gasteiger partial charge in [-0.2, -0.15) is 0 Å². The fourth-order valence-electron chi connectivity index (χ4n) is 1.36. The van der Waals surface area contributed by atoms with Gasteiger partial charge in [-0.15, -0.1) is 0 Å². The summed E-state index contributed by atoms with van der Waals surface area (Å²) in [7, 11) is -1.13. The molecule has 0 aromatic heterocycles. The van der Waals surface area contributed by atoms with E-state index in [9.17, 15) is 8.42 Å². The van der Waals surface area contributed by atoms with Crippen molar-refractivity contribution in [1.29, 1.82) is 0 Å². The highest BCUT2D eigenvalue weighted by molar-refractivity contribution is 7.89. The van der Waals surface area contributed by atoms with Crippen LogP contribution in [0.25, 0.3) is 0 Å². The zero-order valence-electron chi connectivity index (χ0n) is 12.4. The highest BCUT2D eigenvalue weighted by atomic mass is 32.2. The van der Waals surface area contributed by atoms with Crippen molar-refractivity contribution < 1.29 is 8.42 Å². The largest absolute Gasteiger partial charge is 0.314 e. The molecule has 5 nitrogen and oxygen atoms in total.